The van der Waals surface area contributed by atoms with E-state index in [1.165, 1.54) is 28.2 Å². The van der Waals surface area contributed by atoms with Gasteiger partial charge in [-0.1, -0.05) is 30.3 Å². The summed E-state index contributed by atoms with van der Waals surface area (Å²) in [4.78, 5) is 41.5. The maximum Gasteiger partial charge on any atom is 0.267 e. The summed E-state index contributed by atoms with van der Waals surface area (Å²) in [5.41, 5.74) is 4.87. The molecule has 1 aliphatic heterocycles. The second kappa shape index (κ2) is 9.68. The van der Waals surface area contributed by atoms with E-state index in [2.05, 4.69) is 22.3 Å². The lowest BCUT2D eigenvalue weighted by Gasteiger charge is -2.41. The van der Waals surface area contributed by atoms with Crippen molar-refractivity contribution in [2.45, 2.75) is 45.6 Å². The third-order valence-corrected chi connectivity index (χ3v) is 7.52. The number of halogens is 1. The van der Waals surface area contributed by atoms with Gasteiger partial charge in [0.05, 0.1) is 17.3 Å². The van der Waals surface area contributed by atoms with Crippen molar-refractivity contribution in [1.82, 2.24) is 20.0 Å². The number of H-pyrrole nitrogens is 1. The molecule has 2 aromatic carbocycles. The molecule has 1 atom stereocenters. The van der Waals surface area contributed by atoms with Gasteiger partial charge in [0, 0.05) is 25.1 Å². The zero-order valence-corrected chi connectivity index (χ0v) is 20.5. The molecule has 2 heterocycles. The van der Waals surface area contributed by atoms with Gasteiger partial charge in [-0.25, -0.2) is 9.49 Å². The Balaban J connectivity index is 1.32. The number of nitrogens with zero attached hydrogens (tertiary/aromatic N) is 3. The Morgan fingerprint density at radius 1 is 1.11 bits per heavy atom. The molecule has 1 aliphatic carbocycles. The van der Waals surface area contributed by atoms with E-state index >= 15 is 0 Å². The normalized spacial score (nSPS) is 17.8. The quantitative estimate of drug-likeness (QED) is 0.609. The monoisotopic (exact) mass is 488 g/mol. The number of carbonyl (C=O) groups is 2. The summed E-state index contributed by atoms with van der Waals surface area (Å²) in [6.07, 6.45) is 3.29. The highest BCUT2D eigenvalue weighted by molar-refractivity contribution is 5.97. The fraction of sp³-hybridized carbons (Fsp3) is 0.357. The molecule has 1 N–H and O–H groups in total. The predicted octanol–water partition coefficient (Wildman–Crippen LogP) is 3.48. The van der Waals surface area contributed by atoms with Gasteiger partial charge in [0.25, 0.3) is 11.5 Å². The molecule has 5 rings (SSSR count). The van der Waals surface area contributed by atoms with E-state index in [1.807, 2.05) is 24.0 Å². The van der Waals surface area contributed by atoms with Crippen LogP contribution in [0.5, 0.6) is 0 Å². The van der Waals surface area contributed by atoms with E-state index in [0.717, 1.165) is 24.8 Å². The van der Waals surface area contributed by atoms with Gasteiger partial charge < -0.3 is 9.80 Å². The fourth-order valence-electron chi connectivity index (χ4n) is 5.30. The summed E-state index contributed by atoms with van der Waals surface area (Å²) >= 11 is 0. The molecule has 186 valence electrons. The third kappa shape index (κ3) is 4.43. The summed E-state index contributed by atoms with van der Waals surface area (Å²) in [6.45, 7) is 4.25. The number of hydrogen-bond acceptors (Lipinski definition) is 4. The van der Waals surface area contributed by atoms with E-state index in [0.29, 0.717) is 36.3 Å². The molecule has 0 saturated carbocycles. The fourth-order valence-corrected chi connectivity index (χ4v) is 5.30. The van der Waals surface area contributed by atoms with Crippen molar-refractivity contribution in [2.24, 2.45) is 0 Å². The highest BCUT2D eigenvalue weighted by Crippen LogP contribution is 2.35. The third-order valence-electron chi connectivity index (χ3n) is 7.52. The first kappa shape index (κ1) is 23.9. The van der Waals surface area contributed by atoms with Gasteiger partial charge in [-0.3, -0.25) is 14.4 Å². The Kier molecular flexibility index (Phi) is 6.43. The number of hydrogen-bond donors (Lipinski definition) is 1. The summed E-state index contributed by atoms with van der Waals surface area (Å²) in [5.74, 6) is -1.23. The number of amides is 2. The minimum Gasteiger partial charge on any atom is -0.332 e. The minimum absolute atomic E-state index is 0.0243. The van der Waals surface area contributed by atoms with Crippen molar-refractivity contribution >= 4 is 11.8 Å². The number of fused-ring (bicyclic) bond motifs is 1. The Labute approximate surface area is 208 Å². The van der Waals surface area contributed by atoms with Crippen LogP contribution in [-0.2, 0) is 17.6 Å². The van der Waals surface area contributed by atoms with E-state index in [9.17, 15) is 18.8 Å². The molecule has 3 aromatic rings. The molecule has 7 nitrogen and oxygen atoms in total. The molecule has 36 heavy (non-hydrogen) atoms. The second-order valence-electron chi connectivity index (χ2n) is 9.66. The molecule has 8 heteroatoms. The summed E-state index contributed by atoms with van der Waals surface area (Å²) < 4.78 is 14.7. The maximum absolute atomic E-state index is 14.7. The van der Waals surface area contributed by atoms with Crippen LogP contribution in [0.4, 0.5) is 4.39 Å². The highest BCUT2D eigenvalue weighted by Gasteiger charge is 2.35. The number of nitrogens with one attached hydrogen (secondary N) is 1. The van der Waals surface area contributed by atoms with Gasteiger partial charge in [-0.05, 0) is 67.5 Å². The van der Waals surface area contributed by atoms with Crippen LogP contribution in [0.15, 0.2) is 47.3 Å². The first-order chi connectivity index (χ1) is 17.3. The highest BCUT2D eigenvalue weighted by atomic mass is 19.1. The standard InChI is InChI=1S/C28H29FN4O3/c1-17-18(2)27(35)31-30-24(17)15-19-10-11-23(29)22(14-19)28(36)32-12-13-33(26(34)16-32)25-9-5-7-20-6-3-4-8-21(20)25/h3-4,6,8,10-11,14,25H,5,7,9,12-13,15-16H2,1-2H3,(H,31,35). The van der Waals surface area contributed by atoms with Crippen LogP contribution >= 0.6 is 0 Å². The van der Waals surface area contributed by atoms with Crippen molar-refractivity contribution in [3.8, 4) is 0 Å². The summed E-state index contributed by atoms with van der Waals surface area (Å²) in [6, 6.07) is 12.7. The Hall–Kier alpha value is -3.81. The van der Waals surface area contributed by atoms with E-state index < -0.39 is 11.7 Å². The first-order valence-corrected chi connectivity index (χ1v) is 12.3. The average molecular weight is 489 g/mol. The zero-order valence-electron chi connectivity index (χ0n) is 20.5. The van der Waals surface area contributed by atoms with Gasteiger partial charge >= 0.3 is 0 Å². The topological polar surface area (TPSA) is 86.4 Å². The van der Waals surface area contributed by atoms with Crippen LogP contribution in [-0.4, -0.2) is 51.4 Å². The van der Waals surface area contributed by atoms with Gasteiger partial charge in [0.15, 0.2) is 0 Å². The van der Waals surface area contributed by atoms with Crippen LogP contribution in [0.3, 0.4) is 0 Å². The molecule has 0 bridgehead atoms. The smallest absolute Gasteiger partial charge is 0.267 e. The average Bonchev–Trinajstić information content (AvgIpc) is 2.89. The Morgan fingerprint density at radius 2 is 1.92 bits per heavy atom. The van der Waals surface area contributed by atoms with Crippen molar-refractivity contribution in [1.29, 1.82) is 0 Å². The molecule has 1 fully saturated rings. The van der Waals surface area contributed by atoms with Gasteiger partial charge in [-0.2, -0.15) is 5.10 Å². The predicted molar refractivity (Wildman–Crippen MR) is 133 cm³/mol. The number of aromatic nitrogens is 2. The van der Waals surface area contributed by atoms with Crippen molar-refractivity contribution in [3.63, 3.8) is 0 Å². The Morgan fingerprint density at radius 3 is 2.72 bits per heavy atom. The molecule has 0 spiro atoms. The van der Waals surface area contributed by atoms with Crippen molar-refractivity contribution in [3.05, 3.63) is 97.7 Å². The number of piperazine rings is 1. The Bertz CT molecular complexity index is 1400. The van der Waals surface area contributed by atoms with Gasteiger partial charge in [0.2, 0.25) is 5.91 Å². The van der Waals surface area contributed by atoms with Gasteiger partial charge in [0.1, 0.15) is 12.4 Å². The van der Waals surface area contributed by atoms with Crippen LogP contribution < -0.4 is 5.56 Å². The summed E-state index contributed by atoms with van der Waals surface area (Å²) in [5, 5.41) is 6.60. The van der Waals surface area contributed by atoms with E-state index in [4.69, 9.17) is 0 Å². The zero-order chi connectivity index (χ0) is 25.4. The number of rotatable bonds is 4. The molecular weight excluding hydrogens is 459 g/mol. The SMILES string of the molecule is Cc1c(Cc2ccc(F)c(C(=O)N3CCN(C4CCCc5ccccc54)C(=O)C3)c2)n[nH]c(=O)c1C. The summed E-state index contributed by atoms with van der Waals surface area (Å²) in [7, 11) is 0. The molecule has 2 aliphatic rings. The lowest BCUT2D eigenvalue weighted by atomic mass is 9.86. The molecule has 2 amide bonds. The number of benzene rings is 2. The molecule has 1 aromatic heterocycles. The lowest BCUT2D eigenvalue weighted by molar-refractivity contribution is -0.138. The number of carbonyl (C=O) groups excluding carboxylic acids is 2. The molecule has 1 unspecified atom stereocenters. The minimum atomic E-state index is -0.623. The second-order valence-corrected chi connectivity index (χ2v) is 9.66. The van der Waals surface area contributed by atoms with Crippen LogP contribution in [0, 0.1) is 19.7 Å². The lowest BCUT2D eigenvalue weighted by Crippen LogP contribution is -2.53. The maximum atomic E-state index is 14.7. The van der Waals surface area contributed by atoms with Crippen LogP contribution in [0.25, 0.3) is 0 Å². The van der Waals surface area contributed by atoms with E-state index in [-0.39, 0.29) is 29.6 Å². The number of aryl methyl sites for hydroxylation is 1. The molecule has 0 radical (unpaired) electrons. The number of aromatic amines is 1. The molecule has 1 saturated heterocycles. The van der Waals surface area contributed by atoms with E-state index in [1.54, 1.807) is 13.0 Å². The van der Waals surface area contributed by atoms with Crippen LogP contribution in [0.1, 0.15) is 62.8 Å². The molecular formula is C28H29FN4O3. The van der Waals surface area contributed by atoms with Crippen molar-refractivity contribution < 1.29 is 14.0 Å². The largest absolute Gasteiger partial charge is 0.332 e. The first-order valence-electron chi connectivity index (χ1n) is 12.3. The van der Waals surface area contributed by atoms with Crippen LogP contribution in [0.2, 0.25) is 0 Å². The van der Waals surface area contributed by atoms with Crippen molar-refractivity contribution in [2.75, 3.05) is 19.6 Å². The van der Waals surface area contributed by atoms with Gasteiger partial charge in [-0.15, -0.1) is 0 Å².